The average Bonchev–Trinajstić information content (AvgIpc) is 2.75. The van der Waals surface area contributed by atoms with Gasteiger partial charge < -0.3 is 10.2 Å². The summed E-state index contributed by atoms with van der Waals surface area (Å²) in [6.07, 6.45) is 12.0. The lowest BCUT2D eigenvalue weighted by Crippen LogP contribution is -2.66. The molecule has 5 aliphatic carbocycles. The van der Waals surface area contributed by atoms with Crippen molar-refractivity contribution in [2.45, 2.75) is 112 Å². The summed E-state index contributed by atoms with van der Waals surface area (Å²) in [5.74, 6) is 1.96. The van der Waals surface area contributed by atoms with Crippen molar-refractivity contribution in [3.05, 3.63) is 11.6 Å². The second-order valence-electron chi connectivity index (χ2n) is 14.4. The Hall–Kier alpha value is -0.830. The van der Waals surface area contributed by atoms with Crippen molar-refractivity contribution >= 4 is 5.97 Å². The quantitative estimate of drug-likeness (QED) is 0.414. The number of allylic oxidation sites excluding steroid dienone is 2. The maximum atomic E-state index is 12.5. The van der Waals surface area contributed by atoms with Crippen LogP contribution in [0.3, 0.4) is 0 Å². The number of carboxylic acids is 1. The van der Waals surface area contributed by atoms with E-state index in [2.05, 4.69) is 47.6 Å². The van der Waals surface area contributed by atoms with Gasteiger partial charge in [-0.05, 0) is 116 Å². The van der Waals surface area contributed by atoms with Crippen molar-refractivity contribution in [1.82, 2.24) is 0 Å². The summed E-state index contributed by atoms with van der Waals surface area (Å²) >= 11 is 0. The Bertz CT molecular complexity index is 878. The second kappa shape index (κ2) is 7.11. The molecule has 0 unspecified atom stereocenters. The van der Waals surface area contributed by atoms with Gasteiger partial charge in [0.1, 0.15) is 0 Å². The highest BCUT2D eigenvalue weighted by Crippen LogP contribution is 2.75. The molecule has 5 aliphatic rings. The fourth-order valence-corrected chi connectivity index (χ4v) is 10.8. The Kier molecular flexibility index (Phi) is 5.15. The van der Waals surface area contributed by atoms with Gasteiger partial charge in [0.05, 0.1) is 11.5 Å². The minimum absolute atomic E-state index is 0.0311. The van der Waals surface area contributed by atoms with E-state index in [4.69, 9.17) is 0 Å². The Morgan fingerprint density at radius 3 is 2.27 bits per heavy atom. The highest BCUT2D eigenvalue weighted by molar-refractivity contribution is 5.76. The van der Waals surface area contributed by atoms with Crippen LogP contribution in [-0.4, -0.2) is 22.3 Å². The Labute approximate surface area is 201 Å². The van der Waals surface area contributed by atoms with Crippen LogP contribution in [0.25, 0.3) is 0 Å². The van der Waals surface area contributed by atoms with Gasteiger partial charge >= 0.3 is 5.97 Å². The molecular weight excluding hydrogens is 408 g/mol. The summed E-state index contributed by atoms with van der Waals surface area (Å²) in [5.41, 5.74) is 1.56. The Balaban J connectivity index is 1.60. The van der Waals surface area contributed by atoms with E-state index in [-0.39, 0.29) is 22.2 Å². The third-order valence-electron chi connectivity index (χ3n) is 13.5. The van der Waals surface area contributed by atoms with Gasteiger partial charge in [-0.2, -0.15) is 0 Å². The van der Waals surface area contributed by atoms with Crippen LogP contribution >= 0.6 is 0 Å². The Morgan fingerprint density at radius 2 is 1.61 bits per heavy atom. The fourth-order valence-electron chi connectivity index (χ4n) is 10.8. The van der Waals surface area contributed by atoms with Gasteiger partial charge in [-0.15, -0.1) is 0 Å². The monoisotopic (exact) mass is 456 g/mol. The van der Waals surface area contributed by atoms with Gasteiger partial charge in [0.15, 0.2) is 0 Å². The van der Waals surface area contributed by atoms with E-state index >= 15 is 0 Å². The highest BCUT2D eigenvalue weighted by atomic mass is 16.4. The van der Waals surface area contributed by atoms with E-state index in [9.17, 15) is 15.0 Å². The first kappa shape index (κ1) is 23.9. The summed E-state index contributed by atoms with van der Waals surface area (Å²) in [6, 6.07) is 0. The van der Waals surface area contributed by atoms with Crippen LogP contribution in [0, 0.1) is 56.7 Å². The lowest BCUT2D eigenvalue weighted by molar-refractivity contribution is -0.217. The van der Waals surface area contributed by atoms with Crippen LogP contribution in [0.1, 0.15) is 106 Å². The summed E-state index contributed by atoms with van der Waals surface area (Å²) < 4.78 is 0. The van der Waals surface area contributed by atoms with Crippen LogP contribution in [-0.2, 0) is 4.79 Å². The van der Waals surface area contributed by atoms with E-state index in [1.165, 1.54) is 25.7 Å². The molecular formula is C30H48O3. The smallest absolute Gasteiger partial charge is 0.312 e. The SMILES string of the molecule is C[C@@H]1[C@H]2C3=CC[C@H]4[C@@]5(C)CC[C@H](O)[C@](C)(C(=O)O)[C@H]5CC[C@@]4(C)[C@@]3(C)CC[C@@]2(C)CC[C@@H]1C. The molecule has 0 aromatic carbocycles. The highest BCUT2D eigenvalue weighted by Gasteiger charge is 2.69. The molecule has 2 N–H and O–H groups in total. The number of aliphatic carboxylic acids is 1. The largest absolute Gasteiger partial charge is 0.481 e. The summed E-state index contributed by atoms with van der Waals surface area (Å²) in [7, 11) is 0. The van der Waals surface area contributed by atoms with E-state index in [0.717, 1.165) is 37.5 Å². The van der Waals surface area contributed by atoms with Crippen LogP contribution < -0.4 is 0 Å². The van der Waals surface area contributed by atoms with Crippen molar-refractivity contribution in [3.63, 3.8) is 0 Å². The zero-order chi connectivity index (χ0) is 24.2. The number of hydrogen-bond donors (Lipinski definition) is 2. The number of carboxylic acid groups (broad SMARTS) is 1. The molecule has 0 heterocycles. The first-order chi connectivity index (χ1) is 15.3. The van der Waals surface area contributed by atoms with Gasteiger partial charge in [-0.25, -0.2) is 0 Å². The molecule has 186 valence electrons. The molecule has 0 saturated heterocycles. The molecule has 3 nitrogen and oxygen atoms in total. The van der Waals surface area contributed by atoms with Crippen molar-refractivity contribution < 1.29 is 15.0 Å². The molecule has 0 aromatic heterocycles. The van der Waals surface area contributed by atoms with E-state index in [1.54, 1.807) is 5.57 Å². The maximum absolute atomic E-state index is 12.5. The standard InChI is InChI=1S/C30H48O3/c1-18-10-13-26(3)16-17-28(5)20(24(26)19(18)2)8-9-21-27(4)14-12-23(31)30(7,25(32)33)22(27)11-15-29(21,28)6/h8,18-19,21-24,31H,9-17H2,1-7H3,(H,32,33)/t18-,19-,21-,22-,23-,24-,26+,27+,28-,29+,30+/m0/s1. The molecule has 0 aromatic rings. The number of hydrogen-bond acceptors (Lipinski definition) is 2. The molecule has 0 amide bonds. The van der Waals surface area contributed by atoms with Crippen molar-refractivity contribution in [2.75, 3.05) is 0 Å². The first-order valence-electron chi connectivity index (χ1n) is 13.9. The van der Waals surface area contributed by atoms with Crippen molar-refractivity contribution in [3.8, 4) is 0 Å². The summed E-state index contributed by atoms with van der Waals surface area (Å²) in [5, 5.41) is 21.1. The molecule has 33 heavy (non-hydrogen) atoms. The molecule has 0 bridgehead atoms. The van der Waals surface area contributed by atoms with Crippen LogP contribution in [0.5, 0.6) is 0 Å². The third-order valence-corrected chi connectivity index (χ3v) is 13.5. The number of aliphatic hydroxyl groups excluding tert-OH is 1. The summed E-state index contributed by atoms with van der Waals surface area (Å²) in [4.78, 5) is 12.5. The predicted molar refractivity (Wildman–Crippen MR) is 133 cm³/mol. The maximum Gasteiger partial charge on any atom is 0.312 e. The molecule has 4 fully saturated rings. The van der Waals surface area contributed by atoms with Crippen molar-refractivity contribution in [2.24, 2.45) is 56.7 Å². The zero-order valence-corrected chi connectivity index (χ0v) is 22.2. The van der Waals surface area contributed by atoms with E-state index < -0.39 is 17.5 Å². The molecule has 0 spiro atoms. The minimum atomic E-state index is -1.03. The molecule has 5 rings (SSSR count). The van der Waals surface area contributed by atoms with Gasteiger partial charge in [0, 0.05) is 0 Å². The number of aliphatic hydroxyl groups is 1. The minimum Gasteiger partial charge on any atom is -0.481 e. The second-order valence-corrected chi connectivity index (χ2v) is 14.4. The lowest BCUT2D eigenvalue weighted by Gasteiger charge is -2.71. The number of carbonyl (C=O) groups is 1. The molecule has 0 radical (unpaired) electrons. The zero-order valence-electron chi connectivity index (χ0n) is 22.2. The fraction of sp³-hybridized carbons (Fsp3) is 0.900. The van der Waals surface area contributed by atoms with Crippen LogP contribution in [0.15, 0.2) is 11.6 Å². The average molecular weight is 457 g/mol. The summed E-state index contributed by atoms with van der Waals surface area (Å²) in [6.45, 7) is 17.0. The third kappa shape index (κ3) is 2.75. The van der Waals surface area contributed by atoms with Crippen LogP contribution in [0.2, 0.25) is 0 Å². The molecule has 0 aliphatic heterocycles. The normalized spacial score (nSPS) is 58.2. The van der Waals surface area contributed by atoms with E-state index in [1.807, 2.05) is 6.92 Å². The van der Waals surface area contributed by atoms with Gasteiger partial charge in [0.25, 0.3) is 0 Å². The van der Waals surface area contributed by atoms with Gasteiger partial charge in [0.2, 0.25) is 0 Å². The van der Waals surface area contributed by atoms with Gasteiger partial charge in [-0.3, -0.25) is 4.79 Å². The molecule has 11 atom stereocenters. The topological polar surface area (TPSA) is 57.5 Å². The Morgan fingerprint density at radius 1 is 0.909 bits per heavy atom. The number of fused-ring (bicyclic) bond motifs is 7. The molecule has 3 heteroatoms. The van der Waals surface area contributed by atoms with Crippen molar-refractivity contribution in [1.29, 1.82) is 0 Å². The first-order valence-corrected chi connectivity index (χ1v) is 13.9. The number of rotatable bonds is 1. The van der Waals surface area contributed by atoms with E-state index in [0.29, 0.717) is 23.7 Å². The predicted octanol–water partition coefficient (Wildman–Crippen LogP) is 7.09. The van der Waals surface area contributed by atoms with Gasteiger partial charge in [-0.1, -0.05) is 53.2 Å². The lowest BCUT2D eigenvalue weighted by atomic mass is 9.33. The van der Waals surface area contributed by atoms with Crippen LogP contribution in [0.4, 0.5) is 0 Å². The molecule has 4 saturated carbocycles.